The number of oxime groups is 1. The number of fused-ring (bicyclic) bond motifs is 1. The number of aromatic nitrogens is 4. The maximum Gasteiger partial charge on any atom is 0.416 e. The maximum atomic E-state index is 13.3. The normalized spacial score (nSPS) is 17.6. The van der Waals surface area contributed by atoms with Crippen molar-refractivity contribution in [1.29, 1.82) is 0 Å². The molecule has 1 atom stereocenters. The second-order valence-corrected chi connectivity index (χ2v) is 11.0. The lowest BCUT2D eigenvalue weighted by atomic mass is 9.80. The van der Waals surface area contributed by atoms with Crippen molar-refractivity contribution in [3.63, 3.8) is 0 Å². The molecule has 1 aromatic carbocycles. The molecule has 4 N–H and O–H groups in total. The zero-order valence-electron chi connectivity index (χ0n) is 23.5. The second kappa shape index (κ2) is 12.1. The number of nitrogens with zero attached hydrogens (tertiary/aromatic N) is 7. The Kier molecular flexibility index (Phi) is 8.52. The van der Waals surface area contributed by atoms with Gasteiger partial charge >= 0.3 is 6.18 Å². The van der Waals surface area contributed by atoms with E-state index in [0.717, 1.165) is 51.2 Å². The minimum Gasteiger partial charge on any atom is -0.409 e. The molecule has 3 aromatic rings. The topological polar surface area (TPSA) is 121 Å². The molecule has 2 aliphatic rings. The Morgan fingerprint density at radius 3 is 2.44 bits per heavy atom. The predicted octanol–water partition coefficient (Wildman–Crippen LogP) is 4.51. The molecular weight excluding hydrogens is 535 g/mol. The summed E-state index contributed by atoms with van der Waals surface area (Å²) in [4.78, 5) is 18.7. The number of likely N-dealkylation sites (N-methyl/N-ethyl adjacent to an activating group) is 1. The average Bonchev–Trinajstić information content (AvgIpc) is 3.56. The van der Waals surface area contributed by atoms with Gasteiger partial charge in [0, 0.05) is 25.7 Å². The van der Waals surface area contributed by atoms with E-state index in [4.69, 9.17) is 10.7 Å². The molecule has 0 bridgehead atoms. The van der Waals surface area contributed by atoms with Crippen LogP contribution in [0.5, 0.6) is 0 Å². The third kappa shape index (κ3) is 6.34. The van der Waals surface area contributed by atoms with Crippen molar-refractivity contribution in [3.8, 4) is 0 Å². The number of imidazole rings is 1. The molecule has 1 saturated carbocycles. The molecule has 1 saturated heterocycles. The van der Waals surface area contributed by atoms with Crippen molar-refractivity contribution < 1.29 is 18.4 Å². The molecule has 0 amide bonds. The highest BCUT2D eigenvalue weighted by molar-refractivity contribution is 5.97. The van der Waals surface area contributed by atoms with Gasteiger partial charge < -0.3 is 30.6 Å². The molecule has 1 aliphatic heterocycles. The van der Waals surface area contributed by atoms with Crippen molar-refractivity contribution in [1.82, 2.24) is 24.4 Å². The summed E-state index contributed by atoms with van der Waals surface area (Å²) in [5.41, 5.74) is 6.89. The SMILES string of the molecule is CCN(CCN1CCCC1)c1nc2nc(/C(N)=N/O)nc(N[C@H](C)C3CCC3)c2n1Cc1ccc(C(F)(F)F)cc1. The standard InChI is InChI=1S/C28H38F3N9O/c1-3-39(16-15-38-13-4-5-14-38)27-36-25-22(40(27)17-19-9-11-21(12-10-19)28(29,30)31)24(33-18(2)20-7-6-8-20)34-26(35-25)23(32)37-41/h9-12,18,20,41H,3-8,13-17H2,1-2H3,(H2,32,37)(H,33,34,35)/t18-/m1/s1. The number of hydrogen-bond acceptors (Lipinski definition) is 8. The van der Waals surface area contributed by atoms with E-state index in [9.17, 15) is 18.4 Å². The molecule has 0 radical (unpaired) electrons. The van der Waals surface area contributed by atoms with Gasteiger partial charge in [0.2, 0.25) is 17.6 Å². The fourth-order valence-corrected chi connectivity index (χ4v) is 5.60. The largest absolute Gasteiger partial charge is 0.416 e. The maximum absolute atomic E-state index is 13.3. The van der Waals surface area contributed by atoms with Gasteiger partial charge in [-0.15, -0.1) is 0 Å². The quantitative estimate of drug-likeness (QED) is 0.133. The molecule has 10 nitrogen and oxygen atoms in total. The zero-order valence-corrected chi connectivity index (χ0v) is 23.5. The minimum atomic E-state index is -4.41. The Morgan fingerprint density at radius 1 is 1.15 bits per heavy atom. The van der Waals surface area contributed by atoms with E-state index < -0.39 is 11.7 Å². The number of amidine groups is 1. The van der Waals surface area contributed by atoms with Crippen molar-refractivity contribution in [2.75, 3.05) is 42.9 Å². The highest BCUT2D eigenvalue weighted by atomic mass is 19.4. The summed E-state index contributed by atoms with van der Waals surface area (Å²) in [5, 5.41) is 16.0. The first-order chi connectivity index (χ1) is 19.7. The van der Waals surface area contributed by atoms with E-state index in [1.54, 1.807) is 0 Å². The third-order valence-corrected chi connectivity index (χ3v) is 8.31. The second-order valence-electron chi connectivity index (χ2n) is 11.0. The van der Waals surface area contributed by atoms with Gasteiger partial charge in [-0.05, 0) is 76.2 Å². The Hall–Kier alpha value is -3.61. The van der Waals surface area contributed by atoms with Gasteiger partial charge in [0.05, 0.1) is 12.1 Å². The summed E-state index contributed by atoms with van der Waals surface area (Å²) in [7, 11) is 0. The third-order valence-electron chi connectivity index (χ3n) is 8.31. The van der Waals surface area contributed by atoms with Crippen LogP contribution in [0.2, 0.25) is 0 Å². The number of halogens is 3. The van der Waals surface area contributed by atoms with Crippen molar-refractivity contribution in [3.05, 3.63) is 41.2 Å². The minimum absolute atomic E-state index is 0.0501. The lowest BCUT2D eigenvalue weighted by Crippen LogP contribution is -2.35. The van der Waals surface area contributed by atoms with Crippen LogP contribution in [0.4, 0.5) is 24.9 Å². The fourth-order valence-electron chi connectivity index (χ4n) is 5.60. The van der Waals surface area contributed by atoms with Crippen LogP contribution in [0.1, 0.15) is 62.9 Å². The molecule has 41 heavy (non-hydrogen) atoms. The summed E-state index contributed by atoms with van der Waals surface area (Å²) >= 11 is 0. The molecule has 0 unspecified atom stereocenters. The van der Waals surface area contributed by atoms with E-state index in [1.165, 1.54) is 31.4 Å². The van der Waals surface area contributed by atoms with E-state index in [2.05, 4.69) is 44.1 Å². The molecule has 1 aliphatic carbocycles. The summed E-state index contributed by atoms with van der Waals surface area (Å²) in [6, 6.07) is 5.30. The average molecular weight is 574 g/mol. The Labute approximate surface area is 237 Å². The van der Waals surface area contributed by atoms with Crippen molar-refractivity contribution in [2.45, 2.75) is 64.7 Å². The Bertz CT molecular complexity index is 1360. The van der Waals surface area contributed by atoms with E-state index >= 15 is 0 Å². The van der Waals surface area contributed by atoms with Crippen LogP contribution in [0, 0.1) is 5.92 Å². The van der Waals surface area contributed by atoms with E-state index in [-0.39, 0.29) is 24.2 Å². The first-order valence-corrected chi connectivity index (χ1v) is 14.3. The molecule has 5 rings (SSSR count). The molecule has 2 aromatic heterocycles. The number of rotatable bonds is 11. The van der Waals surface area contributed by atoms with Gasteiger partial charge in [-0.25, -0.2) is 9.97 Å². The number of anilines is 2. The highest BCUT2D eigenvalue weighted by Gasteiger charge is 2.31. The fraction of sp³-hybridized carbons (Fsp3) is 0.571. The Morgan fingerprint density at radius 2 is 1.85 bits per heavy atom. The van der Waals surface area contributed by atoms with E-state index in [0.29, 0.717) is 41.0 Å². The monoisotopic (exact) mass is 573 g/mol. The van der Waals surface area contributed by atoms with Crippen LogP contribution >= 0.6 is 0 Å². The number of alkyl halides is 3. The summed E-state index contributed by atoms with van der Waals surface area (Å²) in [6.45, 7) is 8.85. The molecule has 3 heterocycles. The van der Waals surface area contributed by atoms with Crippen LogP contribution in [-0.2, 0) is 12.7 Å². The predicted molar refractivity (Wildman–Crippen MR) is 152 cm³/mol. The summed E-state index contributed by atoms with van der Waals surface area (Å²) < 4.78 is 41.7. The van der Waals surface area contributed by atoms with Gasteiger partial charge in [0.15, 0.2) is 11.5 Å². The number of nitrogens with two attached hydrogens (primary N) is 1. The van der Waals surface area contributed by atoms with Gasteiger partial charge in [0.1, 0.15) is 5.52 Å². The molecule has 2 fully saturated rings. The zero-order chi connectivity index (χ0) is 29.1. The Balaban J connectivity index is 1.60. The number of nitrogens with one attached hydrogen (secondary N) is 1. The highest BCUT2D eigenvalue weighted by Crippen LogP contribution is 2.34. The lowest BCUT2D eigenvalue weighted by Gasteiger charge is -2.32. The van der Waals surface area contributed by atoms with E-state index in [1.807, 2.05) is 4.57 Å². The smallest absolute Gasteiger partial charge is 0.409 e. The lowest BCUT2D eigenvalue weighted by molar-refractivity contribution is -0.137. The molecule has 222 valence electrons. The van der Waals surface area contributed by atoms with Gasteiger partial charge in [-0.2, -0.15) is 18.2 Å². The number of benzene rings is 1. The molecular formula is C28H38F3N9O. The summed E-state index contributed by atoms with van der Waals surface area (Å²) in [6.07, 6.45) is 1.39. The van der Waals surface area contributed by atoms with Gasteiger partial charge in [0.25, 0.3) is 0 Å². The van der Waals surface area contributed by atoms with Crippen LogP contribution in [0.3, 0.4) is 0 Å². The van der Waals surface area contributed by atoms with Crippen LogP contribution in [0.15, 0.2) is 29.4 Å². The van der Waals surface area contributed by atoms with Crippen LogP contribution < -0.4 is 16.0 Å². The molecule has 13 heteroatoms. The summed E-state index contributed by atoms with van der Waals surface area (Å²) in [5.74, 6) is 1.45. The van der Waals surface area contributed by atoms with Crippen molar-refractivity contribution >= 4 is 28.8 Å². The first kappa shape index (κ1) is 28.9. The number of likely N-dealkylation sites (tertiary alicyclic amines) is 1. The van der Waals surface area contributed by atoms with Crippen molar-refractivity contribution in [2.24, 2.45) is 16.8 Å². The first-order valence-electron chi connectivity index (χ1n) is 14.3. The number of hydrogen-bond donors (Lipinski definition) is 3. The van der Waals surface area contributed by atoms with Gasteiger partial charge in [-0.1, -0.05) is 23.7 Å². The van der Waals surface area contributed by atoms with Crippen LogP contribution in [0.25, 0.3) is 11.2 Å². The molecule has 0 spiro atoms. The van der Waals surface area contributed by atoms with Gasteiger partial charge in [-0.3, -0.25) is 0 Å². The van der Waals surface area contributed by atoms with Crippen LogP contribution in [-0.4, -0.2) is 74.2 Å².